The van der Waals surface area contributed by atoms with Gasteiger partial charge in [0.15, 0.2) is 0 Å². The van der Waals surface area contributed by atoms with Crippen molar-refractivity contribution in [3.8, 4) is 0 Å². The smallest absolute Gasteiger partial charge is 0.293 e. The van der Waals surface area contributed by atoms with E-state index in [9.17, 15) is 14.9 Å². The monoisotopic (exact) mass is 402 g/mol. The van der Waals surface area contributed by atoms with Crippen molar-refractivity contribution < 1.29 is 9.72 Å². The number of nitrogens with zero attached hydrogens (tertiary/aromatic N) is 3. The predicted molar refractivity (Wildman–Crippen MR) is 112 cm³/mol. The number of benzene rings is 2. The number of nitrogens with one attached hydrogen (secondary N) is 1. The zero-order valence-corrected chi connectivity index (χ0v) is 16.6. The lowest BCUT2D eigenvalue weighted by Crippen LogP contribution is -2.46. The molecular weight excluding hydrogens is 380 g/mol. The average molecular weight is 403 g/mol. The molecule has 2 aromatic rings. The number of hydrogen-bond acceptors (Lipinski definition) is 5. The van der Waals surface area contributed by atoms with E-state index in [4.69, 9.17) is 11.6 Å². The van der Waals surface area contributed by atoms with Crippen molar-refractivity contribution in [3.63, 3.8) is 0 Å². The molecule has 0 spiro atoms. The summed E-state index contributed by atoms with van der Waals surface area (Å²) in [6, 6.07) is 12.3. The molecule has 7 nitrogen and oxygen atoms in total. The van der Waals surface area contributed by atoms with Gasteiger partial charge >= 0.3 is 0 Å². The fraction of sp³-hybridized carbons (Fsp3) is 0.350. The summed E-state index contributed by atoms with van der Waals surface area (Å²) in [6.45, 7) is 6.44. The SMILES string of the molecule is CC(C)NC(=O)c1ccc(N2CCN(c3cccc(Cl)c3)CC2)c([N+](=O)[O-])c1. The van der Waals surface area contributed by atoms with E-state index >= 15 is 0 Å². The number of amides is 1. The Bertz CT molecular complexity index is 880. The highest BCUT2D eigenvalue weighted by molar-refractivity contribution is 6.30. The van der Waals surface area contributed by atoms with E-state index in [-0.39, 0.29) is 17.6 Å². The molecule has 1 amide bonds. The van der Waals surface area contributed by atoms with E-state index < -0.39 is 4.92 Å². The molecule has 0 radical (unpaired) electrons. The van der Waals surface area contributed by atoms with Gasteiger partial charge in [-0.25, -0.2) is 0 Å². The molecule has 1 aliphatic rings. The fourth-order valence-corrected chi connectivity index (χ4v) is 3.49. The van der Waals surface area contributed by atoms with Gasteiger partial charge in [-0.15, -0.1) is 0 Å². The topological polar surface area (TPSA) is 78.7 Å². The molecule has 0 saturated carbocycles. The van der Waals surface area contributed by atoms with Crippen molar-refractivity contribution in [2.24, 2.45) is 0 Å². The number of halogens is 1. The number of carbonyl (C=O) groups excluding carboxylic acids is 1. The fourth-order valence-electron chi connectivity index (χ4n) is 3.30. The molecule has 0 unspecified atom stereocenters. The molecule has 3 rings (SSSR count). The van der Waals surface area contributed by atoms with Crippen LogP contribution in [0.3, 0.4) is 0 Å². The van der Waals surface area contributed by atoms with Crippen LogP contribution in [0.15, 0.2) is 42.5 Å². The van der Waals surface area contributed by atoms with Crippen LogP contribution in [0.4, 0.5) is 17.1 Å². The molecular formula is C20H23ClN4O3. The lowest BCUT2D eigenvalue weighted by atomic mass is 10.1. The van der Waals surface area contributed by atoms with Gasteiger partial charge in [-0.3, -0.25) is 14.9 Å². The first kappa shape index (κ1) is 19.9. The van der Waals surface area contributed by atoms with E-state index in [1.165, 1.54) is 6.07 Å². The van der Waals surface area contributed by atoms with Gasteiger partial charge in [0.2, 0.25) is 0 Å². The number of hydrogen-bond donors (Lipinski definition) is 1. The Kier molecular flexibility index (Phi) is 6.04. The quantitative estimate of drug-likeness (QED) is 0.609. The maximum absolute atomic E-state index is 12.2. The number of nitro groups is 1. The summed E-state index contributed by atoms with van der Waals surface area (Å²) >= 11 is 6.07. The van der Waals surface area contributed by atoms with Crippen LogP contribution in [-0.2, 0) is 0 Å². The van der Waals surface area contributed by atoms with Crippen molar-refractivity contribution in [2.75, 3.05) is 36.0 Å². The van der Waals surface area contributed by atoms with Gasteiger partial charge in [0.1, 0.15) is 5.69 Å². The van der Waals surface area contributed by atoms with E-state index in [2.05, 4.69) is 10.2 Å². The highest BCUT2D eigenvalue weighted by Gasteiger charge is 2.25. The zero-order valence-electron chi connectivity index (χ0n) is 15.9. The highest BCUT2D eigenvalue weighted by atomic mass is 35.5. The summed E-state index contributed by atoms with van der Waals surface area (Å²) in [6.07, 6.45) is 0. The molecule has 1 heterocycles. The Hall–Kier alpha value is -2.80. The molecule has 0 atom stereocenters. The summed E-state index contributed by atoms with van der Waals surface area (Å²) < 4.78 is 0. The van der Waals surface area contributed by atoms with Crippen LogP contribution in [-0.4, -0.2) is 43.1 Å². The maximum Gasteiger partial charge on any atom is 0.293 e. The largest absolute Gasteiger partial charge is 0.368 e. The Morgan fingerprint density at radius 2 is 1.79 bits per heavy atom. The van der Waals surface area contributed by atoms with Crippen LogP contribution in [0, 0.1) is 10.1 Å². The number of anilines is 2. The Balaban J connectivity index is 1.76. The van der Waals surface area contributed by atoms with Crippen molar-refractivity contribution in [3.05, 3.63) is 63.2 Å². The Morgan fingerprint density at radius 3 is 2.39 bits per heavy atom. The summed E-state index contributed by atoms with van der Waals surface area (Å²) in [5.41, 5.74) is 1.83. The highest BCUT2D eigenvalue weighted by Crippen LogP contribution is 2.31. The molecule has 1 aliphatic heterocycles. The van der Waals surface area contributed by atoms with Crippen molar-refractivity contribution in [1.82, 2.24) is 5.32 Å². The summed E-state index contributed by atoms with van der Waals surface area (Å²) in [7, 11) is 0. The van der Waals surface area contributed by atoms with E-state index in [0.29, 0.717) is 29.4 Å². The van der Waals surface area contributed by atoms with Crippen LogP contribution in [0.2, 0.25) is 5.02 Å². The summed E-state index contributed by atoms with van der Waals surface area (Å²) in [4.78, 5) is 27.6. The minimum absolute atomic E-state index is 0.0363. The molecule has 1 fully saturated rings. The van der Waals surface area contributed by atoms with Gasteiger partial charge in [0, 0.05) is 54.6 Å². The average Bonchev–Trinajstić information content (AvgIpc) is 2.67. The first-order valence-electron chi connectivity index (χ1n) is 9.20. The maximum atomic E-state index is 12.2. The van der Waals surface area contributed by atoms with Crippen molar-refractivity contribution >= 4 is 34.6 Å². The van der Waals surface area contributed by atoms with Crippen LogP contribution in [0.1, 0.15) is 24.2 Å². The molecule has 1 saturated heterocycles. The third kappa shape index (κ3) is 4.54. The molecule has 148 valence electrons. The van der Waals surface area contributed by atoms with Crippen LogP contribution >= 0.6 is 11.6 Å². The molecule has 28 heavy (non-hydrogen) atoms. The predicted octanol–water partition coefficient (Wildman–Crippen LogP) is 3.71. The van der Waals surface area contributed by atoms with Gasteiger partial charge < -0.3 is 15.1 Å². The second-order valence-corrected chi connectivity index (χ2v) is 7.48. The second kappa shape index (κ2) is 8.48. The number of carbonyl (C=O) groups is 1. The molecule has 0 aromatic heterocycles. The normalized spacial score (nSPS) is 14.3. The zero-order chi connectivity index (χ0) is 20.3. The number of piperazine rings is 1. The van der Waals surface area contributed by atoms with Crippen molar-refractivity contribution in [1.29, 1.82) is 0 Å². The summed E-state index contributed by atoms with van der Waals surface area (Å²) in [5, 5.41) is 15.1. The van der Waals surface area contributed by atoms with Gasteiger partial charge in [0.05, 0.1) is 4.92 Å². The first-order valence-corrected chi connectivity index (χ1v) is 9.57. The second-order valence-electron chi connectivity index (χ2n) is 7.04. The van der Waals surface area contributed by atoms with Crippen LogP contribution in [0.5, 0.6) is 0 Å². The van der Waals surface area contributed by atoms with Crippen LogP contribution in [0.25, 0.3) is 0 Å². The molecule has 0 aliphatic carbocycles. The molecule has 2 aromatic carbocycles. The van der Waals surface area contributed by atoms with E-state index in [1.807, 2.05) is 43.0 Å². The van der Waals surface area contributed by atoms with Crippen LogP contribution < -0.4 is 15.1 Å². The third-order valence-electron chi connectivity index (χ3n) is 4.65. The van der Waals surface area contributed by atoms with E-state index in [0.717, 1.165) is 18.8 Å². The van der Waals surface area contributed by atoms with E-state index in [1.54, 1.807) is 12.1 Å². The van der Waals surface area contributed by atoms with Gasteiger partial charge in [0.25, 0.3) is 11.6 Å². The standard InChI is InChI=1S/C20H23ClN4O3/c1-14(2)22-20(26)15-6-7-18(19(12-15)25(27)28)24-10-8-23(9-11-24)17-5-3-4-16(21)13-17/h3-7,12-14H,8-11H2,1-2H3,(H,22,26). The Labute approximate surface area is 169 Å². The lowest BCUT2D eigenvalue weighted by Gasteiger charge is -2.37. The first-order chi connectivity index (χ1) is 13.3. The molecule has 0 bridgehead atoms. The van der Waals surface area contributed by atoms with Crippen molar-refractivity contribution in [2.45, 2.75) is 19.9 Å². The number of rotatable bonds is 5. The van der Waals surface area contributed by atoms with Gasteiger partial charge in [-0.1, -0.05) is 17.7 Å². The lowest BCUT2D eigenvalue weighted by molar-refractivity contribution is -0.384. The minimum atomic E-state index is -0.426. The summed E-state index contributed by atoms with van der Waals surface area (Å²) in [5.74, 6) is -0.310. The minimum Gasteiger partial charge on any atom is -0.368 e. The molecule has 8 heteroatoms. The van der Waals surface area contributed by atoms with Gasteiger partial charge in [-0.05, 0) is 44.2 Å². The molecule has 1 N–H and O–H groups in total. The van der Waals surface area contributed by atoms with Gasteiger partial charge in [-0.2, -0.15) is 0 Å². The number of nitro benzene ring substituents is 1. The third-order valence-corrected chi connectivity index (χ3v) is 4.88. The Morgan fingerprint density at radius 1 is 1.11 bits per heavy atom.